The average Bonchev–Trinajstić information content (AvgIpc) is 2.81. The molecule has 0 saturated carbocycles. The normalized spacial score (nSPS) is 16.4. The molecule has 2 heterocycles. The Kier molecular flexibility index (Phi) is 6.51. The van der Waals surface area contributed by atoms with Gasteiger partial charge in [-0.1, -0.05) is 18.2 Å². The van der Waals surface area contributed by atoms with Crippen molar-refractivity contribution in [2.75, 3.05) is 48.8 Å². The Balaban J connectivity index is 1.39. The second kappa shape index (κ2) is 9.47. The summed E-state index contributed by atoms with van der Waals surface area (Å²) in [6, 6.07) is 13.6. The summed E-state index contributed by atoms with van der Waals surface area (Å²) in [5.74, 6) is 0.854. The van der Waals surface area contributed by atoms with Gasteiger partial charge in [-0.15, -0.1) is 11.8 Å². The number of carbonyl (C=O) groups excluding carboxylic acids is 2. The standard InChI is InChI=1S/C24H27N3O3S/c1-17-6-7-18(2)21(14-17)26-8-10-27(11-9-26)24(29)19-4-3-5-20(15-19)25-23(28)22-16-31-13-12-30-22/h3-7,14-16H,8-13H2,1-2H3,(H,25,28). The second-order valence-corrected chi connectivity index (χ2v) is 8.78. The molecule has 2 amide bonds. The zero-order chi connectivity index (χ0) is 21.8. The largest absolute Gasteiger partial charge is 0.487 e. The molecular formula is C24H27N3O3S. The van der Waals surface area contributed by atoms with Gasteiger partial charge in [0.1, 0.15) is 0 Å². The number of piperazine rings is 1. The molecule has 1 fully saturated rings. The highest BCUT2D eigenvalue weighted by atomic mass is 32.2. The molecule has 4 rings (SSSR count). The number of carbonyl (C=O) groups is 2. The Morgan fingerprint density at radius 1 is 1.03 bits per heavy atom. The topological polar surface area (TPSA) is 61.9 Å². The molecule has 0 radical (unpaired) electrons. The Bertz CT molecular complexity index is 1010. The van der Waals surface area contributed by atoms with Crippen molar-refractivity contribution in [2.24, 2.45) is 0 Å². The predicted octanol–water partition coefficient (Wildman–Crippen LogP) is 3.81. The number of amides is 2. The fourth-order valence-corrected chi connectivity index (χ4v) is 4.43. The van der Waals surface area contributed by atoms with Crippen LogP contribution in [-0.4, -0.2) is 55.3 Å². The van der Waals surface area contributed by atoms with E-state index in [9.17, 15) is 9.59 Å². The van der Waals surface area contributed by atoms with Gasteiger partial charge in [-0.2, -0.15) is 0 Å². The molecule has 0 bridgehead atoms. The minimum Gasteiger partial charge on any atom is -0.487 e. The van der Waals surface area contributed by atoms with Gasteiger partial charge >= 0.3 is 0 Å². The summed E-state index contributed by atoms with van der Waals surface area (Å²) in [6.07, 6.45) is 0. The molecule has 7 heteroatoms. The first-order valence-corrected chi connectivity index (χ1v) is 11.5. The molecule has 0 atom stereocenters. The average molecular weight is 438 g/mol. The van der Waals surface area contributed by atoms with Gasteiger partial charge in [-0.05, 0) is 49.2 Å². The third-order valence-corrected chi connectivity index (χ3v) is 6.30. The number of hydrogen-bond acceptors (Lipinski definition) is 5. The van der Waals surface area contributed by atoms with E-state index < -0.39 is 0 Å². The molecule has 1 saturated heterocycles. The third kappa shape index (κ3) is 5.05. The summed E-state index contributed by atoms with van der Waals surface area (Å²) in [6.45, 7) is 7.69. The second-order valence-electron chi connectivity index (χ2n) is 7.81. The van der Waals surface area contributed by atoms with Gasteiger partial charge in [-0.25, -0.2) is 0 Å². The molecule has 1 N–H and O–H groups in total. The highest BCUT2D eigenvalue weighted by Gasteiger charge is 2.23. The van der Waals surface area contributed by atoms with Crippen molar-refractivity contribution in [3.05, 3.63) is 70.3 Å². The number of rotatable bonds is 4. The molecule has 0 aromatic heterocycles. The summed E-state index contributed by atoms with van der Waals surface area (Å²) < 4.78 is 5.40. The van der Waals surface area contributed by atoms with E-state index in [4.69, 9.17) is 4.74 Å². The van der Waals surface area contributed by atoms with E-state index in [0.29, 0.717) is 36.7 Å². The van der Waals surface area contributed by atoms with Gasteiger partial charge in [0, 0.05) is 54.3 Å². The Morgan fingerprint density at radius 3 is 2.58 bits per heavy atom. The smallest absolute Gasteiger partial charge is 0.291 e. The van der Waals surface area contributed by atoms with Crippen molar-refractivity contribution in [3.8, 4) is 0 Å². The van der Waals surface area contributed by atoms with Crippen molar-refractivity contribution in [1.29, 1.82) is 0 Å². The Hall–Kier alpha value is -2.93. The van der Waals surface area contributed by atoms with Crippen LogP contribution in [0.3, 0.4) is 0 Å². The van der Waals surface area contributed by atoms with E-state index in [1.54, 1.807) is 41.4 Å². The molecule has 2 aromatic rings. The minimum atomic E-state index is -0.293. The van der Waals surface area contributed by atoms with Crippen LogP contribution in [0.25, 0.3) is 0 Å². The van der Waals surface area contributed by atoms with Crippen LogP contribution in [0.15, 0.2) is 53.6 Å². The van der Waals surface area contributed by atoms with Crippen molar-refractivity contribution in [3.63, 3.8) is 0 Å². The van der Waals surface area contributed by atoms with Crippen molar-refractivity contribution >= 4 is 35.0 Å². The fourth-order valence-electron chi connectivity index (χ4n) is 3.80. The Labute approximate surface area is 187 Å². The molecule has 2 aromatic carbocycles. The summed E-state index contributed by atoms with van der Waals surface area (Å²) >= 11 is 1.56. The van der Waals surface area contributed by atoms with Crippen molar-refractivity contribution in [1.82, 2.24) is 4.90 Å². The number of benzene rings is 2. The van der Waals surface area contributed by atoms with Gasteiger partial charge in [0.25, 0.3) is 11.8 Å². The van der Waals surface area contributed by atoms with Crippen LogP contribution in [0.1, 0.15) is 21.5 Å². The van der Waals surface area contributed by atoms with E-state index in [2.05, 4.69) is 42.3 Å². The molecule has 31 heavy (non-hydrogen) atoms. The lowest BCUT2D eigenvalue weighted by atomic mass is 10.1. The molecular weight excluding hydrogens is 410 g/mol. The molecule has 0 spiro atoms. The van der Waals surface area contributed by atoms with Crippen LogP contribution in [-0.2, 0) is 9.53 Å². The third-order valence-electron chi connectivity index (χ3n) is 5.51. The number of anilines is 2. The zero-order valence-electron chi connectivity index (χ0n) is 17.9. The lowest BCUT2D eigenvalue weighted by molar-refractivity contribution is -0.116. The van der Waals surface area contributed by atoms with Crippen LogP contribution in [0.5, 0.6) is 0 Å². The highest BCUT2D eigenvalue weighted by molar-refractivity contribution is 8.02. The number of thioether (sulfide) groups is 1. The van der Waals surface area contributed by atoms with Crippen LogP contribution < -0.4 is 10.2 Å². The number of hydrogen-bond donors (Lipinski definition) is 1. The van der Waals surface area contributed by atoms with Gasteiger partial charge in [0.2, 0.25) is 0 Å². The molecule has 162 valence electrons. The maximum Gasteiger partial charge on any atom is 0.291 e. The summed E-state index contributed by atoms with van der Waals surface area (Å²) in [7, 11) is 0. The maximum absolute atomic E-state index is 13.1. The summed E-state index contributed by atoms with van der Waals surface area (Å²) in [4.78, 5) is 29.6. The minimum absolute atomic E-state index is 0.0135. The first-order valence-electron chi connectivity index (χ1n) is 10.5. The first kappa shape index (κ1) is 21.3. The van der Waals surface area contributed by atoms with E-state index in [1.165, 1.54) is 16.8 Å². The van der Waals surface area contributed by atoms with Crippen LogP contribution >= 0.6 is 11.8 Å². The number of nitrogens with one attached hydrogen (secondary N) is 1. The van der Waals surface area contributed by atoms with Gasteiger partial charge in [0.15, 0.2) is 5.76 Å². The Morgan fingerprint density at radius 2 is 1.84 bits per heavy atom. The molecule has 2 aliphatic heterocycles. The fraction of sp³-hybridized carbons (Fsp3) is 0.333. The predicted molar refractivity (Wildman–Crippen MR) is 126 cm³/mol. The van der Waals surface area contributed by atoms with E-state index in [1.807, 2.05) is 4.90 Å². The van der Waals surface area contributed by atoms with E-state index in [0.717, 1.165) is 18.8 Å². The van der Waals surface area contributed by atoms with Crippen LogP contribution in [0, 0.1) is 13.8 Å². The van der Waals surface area contributed by atoms with E-state index in [-0.39, 0.29) is 11.8 Å². The quantitative estimate of drug-likeness (QED) is 0.788. The maximum atomic E-state index is 13.1. The lowest BCUT2D eigenvalue weighted by Gasteiger charge is -2.37. The van der Waals surface area contributed by atoms with E-state index >= 15 is 0 Å². The van der Waals surface area contributed by atoms with Gasteiger partial charge in [0.05, 0.1) is 6.61 Å². The number of nitrogens with zero attached hydrogens (tertiary/aromatic N) is 2. The summed E-state index contributed by atoms with van der Waals surface area (Å²) in [5, 5.41) is 4.55. The zero-order valence-corrected chi connectivity index (χ0v) is 18.7. The SMILES string of the molecule is Cc1ccc(C)c(N2CCN(C(=O)c3cccc(NC(=O)C4=CSCCO4)c3)CC2)c1. The first-order chi connectivity index (χ1) is 15.0. The van der Waals surface area contributed by atoms with Crippen LogP contribution in [0.4, 0.5) is 11.4 Å². The molecule has 2 aliphatic rings. The van der Waals surface area contributed by atoms with Gasteiger partial charge < -0.3 is 19.9 Å². The van der Waals surface area contributed by atoms with Crippen molar-refractivity contribution in [2.45, 2.75) is 13.8 Å². The number of aryl methyl sites for hydroxylation is 2. The van der Waals surface area contributed by atoms with Gasteiger partial charge in [-0.3, -0.25) is 9.59 Å². The highest BCUT2D eigenvalue weighted by Crippen LogP contribution is 2.24. The van der Waals surface area contributed by atoms with Crippen LogP contribution in [0.2, 0.25) is 0 Å². The monoisotopic (exact) mass is 437 g/mol. The lowest BCUT2D eigenvalue weighted by Crippen LogP contribution is -2.49. The number of ether oxygens (including phenoxy) is 1. The van der Waals surface area contributed by atoms with Crippen molar-refractivity contribution < 1.29 is 14.3 Å². The molecule has 0 aliphatic carbocycles. The molecule has 0 unspecified atom stereocenters. The molecule has 6 nitrogen and oxygen atoms in total. The summed E-state index contributed by atoms with van der Waals surface area (Å²) in [5.41, 5.74) is 4.90.